The molecule has 0 atom stereocenters. The number of hydrogen-bond donors (Lipinski definition) is 0. The number of aldehydes is 1. The summed E-state index contributed by atoms with van der Waals surface area (Å²) in [4.78, 5) is 9.82. The van der Waals surface area contributed by atoms with E-state index < -0.39 is 0 Å². The van der Waals surface area contributed by atoms with E-state index in [4.69, 9.17) is 0 Å². The van der Waals surface area contributed by atoms with Crippen LogP contribution in [0.2, 0.25) is 0 Å². The second-order valence-corrected chi connectivity index (χ2v) is 4.82. The van der Waals surface area contributed by atoms with Gasteiger partial charge in [0.1, 0.15) is 6.29 Å². The van der Waals surface area contributed by atoms with Crippen LogP contribution in [-0.4, -0.2) is 6.29 Å². The lowest BCUT2D eigenvalue weighted by molar-refractivity contribution is -0.104. The summed E-state index contributed by atoms with van der Waals surface area (Å²) in [6.45, 7) is 6.61. The van der Waals surface area contributed by atoms with Gasteiger partial charge in [-0.15, -0.1) is 0 Å². The Morgan fingerprint density at radius 2 is 1.25 bits per heavy atom. The molecule has 0 saturated carbocycles. The molecule has 0 rings (SSSR count). The zero-order valence-electron chi connectivity index (χ0n) is 13.8. The highest BCUT2D eigenvalue weighted by molar-refractivity contribution is 5.65. The predicted octanol–water partition coefficient (Wildman–Crippen LogP) is 6.41. The molecule has 0 spiro atoms. The molecular weight excluding hydrogens is 244 g/mol. The highest BCUT2D eigenvalue weighted by Crippen LogP contribution is 2.00. The Hall–Kier alpha value is -1.11. The van der Waals surface area contributed by atoms with Gasteiger partial charge < -0.3 is 0 Å². The predicted molar refractivity (Wildman–Crippen MR) is 92.1 cm³/mol. The second-order valence-electron chi connectivity index (χ2n) is 4.82. The van der Waals surface area contributed by atoms with Gasteiger partial charge in [-0.25, -0.2) is 0 Å². The van der Waals surface area contributed by atoms with Gasteiger partial charge >= 0.3 is 0 Å². The van der Waals surface area contributed by atoms with Crippen molar-refractivity contribution in [1.29, 1.82) is 0 Å². The minimum atomic E-state index is 0.788. The molecule has 0 unspecified atom stereocenters. The highest BCUT2D eigenvalue weighted by atomic mass is 16.1. The van der Waals surface area contributed by atoms with Crippen LogP contribution in [0.1, 0.15) is 78.6 Å². The number of rotatable bonds is 11. The minimum Gasteiger partial charge on any atom is -0.299 e. The Kier molecular flexibility index (Phi) is 24.4. The van der Waals surface area contributed by atoms with E-state index in [1.54, 1.807) is 6.08 Å². The maximum absolute atomic E-state index is 9.82. The Labute approximate surface area is 126 Å². The third-order valence-corrected chi connectivity index (χ3v) is 2.79. The molecule has 1 nitrogen and oxygen atoms in total. The third-order valence-electron chi connectivity index (χ3n) is 2.79. The summed E-state index contributed by atoms with van der Waals surface area (Å²) in [7, 11) is 0. The van der Waals surface area contributed by atoms with Crippen LogP contribution in [0.25, 0.3) is 0 Å². The Morgan fingerprint density at radius 1 is 0.650 bits per heavy atom. The molecule has 0 amide bonds. The molecule has 0 N–H and O–H groups in total. The normalized spacial score (nSPS) is 11.2. The molecule has 0 bridgehead atoms. The molecule has 1 heteroatoms. The molecule has 0 fully saturated rings. The number of unbranched alkanes of at least 4 members (excludes halogenated alkanes) is 6. The van der Waals surface area contributed by atoms with Crippen molar-refractivity contribution in [3.05, 3.63) is 36.5 Å². The van der Waals surface area contributed by atoms with Gasteiger partial charge in [0, 0.05) is 0 Å². The number of carbonyl (C=O) groups is 1. The van der Waals surface area contributed by atoms with Crippen molar-refractivity contribution in [3.8, 4) is 0 Å². The van der Waals surface area contributed by atoms with Crippen LogP contribution >= 0.6 is 0 Å². The molecular formula is C19H34O. The lowest BCUT2D eigenvalue weighted by Crippen LogP contribution is -1.69. The fourth-order valence-corrected chi connectivity index (χ4v) is 1.59. The largest absolute Gasteiger partial charge is 0.299 e. The van der Waals surface area contributed by atoms with Crippen LogP contribution in [-0.2, 0) is 4.79 Å². The summed E-state index contributed by atoms with van der Waals surface area (Å²) in [5, 5.41) is 0. The Balaban J connectivity index is 0. The third kappa shape index (κ3) is 25.7. The zero-order valence-corrected chi connectivity index (χ0v) is 13.8. The van der Waals surface area contributed by atoms with Gasteiger partial charge in [-0.1, -0.05) is 76.8 Å². The summed E-state index contributed by atoms with van der Waals surface area (Å²) >= 11 is 0. The van der Waals surface area contributed by atoms with Gasteiger partial charge in [-0.2, -0.15) is 0 Å². The van der Waals surface area contributed by atoms with Gasteiger partial charge in [-0.05, 0) is 38.2 Å². The average molecular weight is 278 g/mol. The Bertz CT molecular complexity index is 248. The molecule has 0 aliphatic carbocycles. The van der Waals surface area contributed by atoms with Crippen molar-refractivity contribution in [1.82, 2.24) is 0 Å². The molecule has 0 aliphatic heterocycles. The van der Waals surface area contributed by atoms with Crippen LogP contribution in [0.15, 0.2) is 36.5 Å². The number of allylic oxidation sites excluding steroid dienone is 6. The van der Waals surface area contributed by atoms with Gasteiger partial charge in [0.15, 0.2) is 0 Å². The topological polar surface area (TPSA) is 17.1 Å². The van der Waals surface area contributed by atoms with Gasteiger partial charge in [-0.3, -0.25) is 4.79 Å². The van der Waals surface area contributed by atoms with Gasteiger partial charge in [0.05, 0.1) is 0 Å². The van der Waals surface area contributed by atoms with E-state index in [2.05, 4.69) is 39.0 Å². The van der Waals surface area contributed by atoms with Crippen LogP contribution < -0.4 is 0 Å². The molecule has 0 heterocycles. The van der Waals surface area contributed by atoms with Gasteiger partial charge in [0.2, 0.25) is 0 Å². The fourth-order valence-electron chi connectivity index (χ4n) is 1.59. The summed E-state index contributed by atoms with van der Waals surface area (Å²) < 4.78 is 0. The first kappa shape index (κ1) is 21.2. The molecule has 20 heavy (non-hydrogen) atoms. The lowest BCUT2D eigenvalue weighted by Gasteiger charge is -1.89. The second kappa shape index (κ2) is 23.0. The zero-order chi connectivity index (χ0) is 15.3. The first-order chi connectivity index (χ1) is 9.83. The summed E-state index contributed by atoms with van der Waals surface area (Å²) in [6, 6.07) is 0. The molecule has 0 radical (unpaired) electrons. The molecule has 0 aliphatic rings. The molecule has 116 valence electrons. The molecule has 0 aromatic carbocycles. The maximum Gasteiger partial charge on any atom is 0.142 e. The van der Waals surface area contributed by atoms with E-state index in [0.29, 0.717) is 0 Å². The molecule has 0 saturated heterocycles. The van der Waals surface area contributed by atoms with Crippen molar-refractivity contribution in [2.45, 2.75) is 78.6 Å². The summed E-state index contributed by atoms with van der Waals surface area (Å²) in [5.74, 6) is 0. The van der Waals surface area contributed by atoms with E-state index in [1.807, 2.05) is 6.08 Å². The van der Waals surface area contributed by atoms with Crippen LogP contribution in [0.4, 0.5) is 0 Å². The number of hydrogen-bond acceptors (Lipinski definition) is 1. The molecule has 0 aromatic heterocycles. The quantitative estimate of drug-likeness (QED) is 0.140. The standard InChI is InChI=1S/C10H16O.C9H18/c1-2-3-4-5-6-7-8-9-10-11;1-3-5-7-9-8-6-4-2/h6-10H,2-5H2,1H3;5,7H,3-4,6,8-9H2,1-2H3. The summed E-state index contributed by atoms with van der Waals surface area (Å²) in [5.41, 5.74) is 0. The van der Waals surface area contributed by atoms with E-state index in [-0.39, 0.29) is 0 Å². The van der Waals surface area contributed by atoms with Crippen LogP contribution in [0, 0.1) is 0 Å². The maximum atomic E-state index is 9.82. The SMILES string of the molecule is CCC=CCCCCC.CCCCCC=CC=CC=O. The van der Waals surface area contributed by atoms with E-state index >= 15 is 0 Å². The monoisotopic (exact) mass is 278 g/mol. The minimum absolute atomic E-state index is 0.788. The first-order valence-electron chi connectivity index (χ1n) is 8.25. The summed E-state index contributed by atoms with van der Waals surface area (Å²) in [6.07, 6.45) is 24.1. The van der Waals surface area contributed by atoms with Crippen LogP contribution in [0.5, 0.6) is 0 Å². The van der Waals surface area contributed by atoms with Crippen molar-refractivity contribution in [2.75, 3.05) is 0 Å². The highest BCUT2D eigenvalue weighted by Gasteiger charge is 1.80. The van der Waals surface area contributed by atoms with E-state index in [9.17, 15) is 4.79 Å². The lowest BCUT2D eigenvalue weighted by atomic mass is 10.2. The van der Waals surface area contributed by atoms with Crippen molar-refractivity contribution >= 4 is 6.29 Å². The van der Waals surface area contributed by atoms with Crippen molar-refractivity contribution in [3.63, 3.8) is 0 Å². The average Bonchev–Trinajstić information content (AvgIpc) is 2.47. The first-order valence-corrected chi connectivity index (χ1v) is 8.25. The Morgan fingerprint density at radius 3 is 1.75 bits per heavy atom. The van der Waals surface area contributed by atoms with Crippen molar-refractivity contribution < 1.29 is 4.79 Å². The van der Waals surface area contributed by atoms with Crippen LogP contribution in [0.3, 0.4) is 0 Å². The van der Waals surface area contributed by atoms with E-state index in [1.165, 1.54) is 57.4 Å². The van der Waals surface area contributed by atoms with E-state index in [0.717, 1.165) is 12.7 Å². The van der Waals surface area contributed by atoms with Gasteiger partial charge in [0.25, 0.3) is 0 Å². The smallest absolute Gasteiger partial charge is 0.142 e. The number of carbonyl (C=O) groups excluding carboxylic acids is 1. The van der Waals surface area contributed by atoms with Crippen molar-refractivity contribution in [2.24, 2.45) is 0 Å². The fraction of sp³-hybridized carbons (Fsp3) is 0.632. The molecule has 0 aromatic rings.